The molecule has 3 aliphatic rings. The first-order valence-electron chi connectivity index (χ1n) is 6.96. The number of hydrogen-bond donors (Lipinski definition) is 0. The molecule has 0 saturated heterocycles. The van der Waals surface area contributed by atoms with Gasteiger partial charge in [-0.25, -0.2) is 4.79 Å². The molecule has 2 heteroatoms. The number of esters is 1. The molecule has 0 N–H and O–H groups in total. The van der Waals surface area contributed by atoms with E-state index in [4.69, 9.17) is 4.74 Å². The minimum Gasteiger partial charge on any atom is -0.459 e. The lowest BCUT2D eigenvalue weighted by molar-refractivity contribution is -0.148. The Labute approximate surface area is 109 Å². The highest BCUT2D eigenvalue weighted by molar-refractivity contribution is 5.87. The first-order valence-corrected chi connectivity index (χ1v) is 6.96. The molecule has 3 aliphatic carbocycles. The lowest BCUT2D eigenvalue weighted by atomic mass is 9.78. The summed E-state index contributed by atoms with van der Waals surface area (Å²) < 4.78 is 5.68. The van der Waals surface area contributed by atoms with Crippen molar-refractivity contribution >= 4 is 5.97 Å². The smallest absolute Gasteiger partial charge is 0.333 e. The zero-order valence-electron chi connectivity index (χ0n) is 11.5. The highest BCUT2D eigenvalue weighted by atomic mass is 16.5. The fourth-order valence-corrected chi connectivity index (χ4v) is 4.78. The van der Waals surface area contributed by atoms with Gasteiger partial charge in [0.25, 0.3) is 0 Å². The summed E-state index contributed by atoms with van der Waals surface area (Å²) in [7, 11) is 0. The first kappa shape index (κ1) is 12.0. The van der Waals surface area contributed by atoms with Crippen LogP contribution in [0.25, 0.3) is 0 Å². The van der Waals surface area contributed by atoms with E-state index in [-0.39, 0.29) is 12.1 Å². The fourth-order valence-electron chi connectivity index (χ4n) is 4.78. The van der Waals surface area contributed by atoms with Gasteiger partial charge in [0.2, 0.25) is 0 Å². The Bertz CT molecular complexity index is 432. The van der Waals surface area contributed by atoms with Crippen molar-refractivity contribution in [2.45, 2.75) is 39.7 Å². The van der Waals surface area contributed by atoms with Crippen LogP contribution in [0.5, 0.6) is 0 Å². The zero-order valence-corrected chi connectivity index (χ0v) is 11.5. The van der Waals surface area contributed by atoms with E-state index in [1.165, 1.54) is 0 Å². The van der Waals surface area contributed by atoms with Crippen LogP contribution >= 0.6 is 0 Å². The molecule has 18 heavy (non-hydrogen) atoms. The Morgan fingerprint density at radius 1 is 1.44 bits per heavy atom. The lowest BCUT2D eigenvalue weighted by Gasteiger charge is -2.32. The standard InChI is InChI=1S/C16H22O2/c1-9(2)15(17)18-13-8-12-10-6-5-7-11(10)14(13)16(12,3)4/h5-6,10-14H,1,7-8H2,2-4H3/t10-,11?,12?,13+,14?/m0/s1. The predicted octanol–water partition coefficient (Wildman–Crippen LogP) is 3.34. The molecular formula is C16H22O2. The molecule has 3 unspecified atom stereocenters. The van der Waals surface area contributed by atoms with Gasteiger partial charge in [-0.15, -0.1) is 0 Å². The summed E-state index contributed by atoms with van der Waals surface area (Å²) in [5.74, 6) is 2.40. The summed E-state index contributed by atoms with van der Waals surface area (Å²) in [6, 6.07) is 0. The molecule has 5 atom stereocenters. The van der Waals surface area contributed by atoms with Crippen LogP contribution in [0.3, 0.4) is 0 Å². The minimum absolute atomic E-state index is 0.107. The highest BCUT2D eigenvalue weighted by Gasteiger charge is 2.63. The van der Waals surface area contributed by atoms with Crippen molar-refractivity contribution in [1.82, 2.24) is 0 Å². The number of carbonyl (C=O) groups is 1. The molecule has 0 aromatic heterocycles. The van der Waals surface area contributed by atoms with Crippen molar-refractivity contribution in [1.29, 1.82) is 0 Å². The Balaban J connectivity index is 1.82. The second-order valence-electron chi connectivity index (χ2n) is 6.82. The van der Waals surface area contributed by atoms with Crippen LogP contribution in [-0.2, 0) is 9.53 Å². The quantitative estimate of drug-likeness (QED) is 0.424. The summed E-state index contributed by atoms with van der Waals surface area (Å²) in [6.45, 7) is 10.1. The molecule has 0 spiro atoms. The minimum atomic E-state index is -0.217. The van der Waals surface area contributed by atoms with Crippen molar-refractivity contribution in [3.8, 4) is 0 Å². The Hall–Kier alpha value is -1.05. The van der Waals surface area contributed by atoms with Crippen LogP contribution in [0.4, 0.5) is 0 Å². The lowest BCUT2D eigenvalue weighted by Crippen LogP contribution is -2.34. The van der Waals surface area contributed by atoms with E-state index in [2.05, 4.69) is 32.6 Å². The second kappa shape index (κ2) is 3.72. The van der Waals surface area contributed by atoms with E-state index in [0.717, 1.165) is 18.8 Å². The summed E-state index contributed by atoms with van der Waals surface area (Å²) in [5.41, 5.74) is 0.816. The van der Waals surface area contributed by atoms with Crippen LogP contribution in [0.2, 0.25) is 0 Å². The van der Waals surface area contributed by atoms with Crippen molar-refractivity contribution in [2.75, 3.05) is 0 Å². The van der Waals surface area contributed by atoms with Crippen LogP contribution in [0, 0.1) is 29.1 Å². The molecule has 0 aromatic rings. The SMILES string of the molecule is C=C(C)C(=O)O[C@@H]1CC2[C@H]3C=CCC3C1C2(C)C. The van der Waals surface area contributed by atoms with E-state index in [1.807, 2.05) is 0 Å². The topological polar surface area (TPSA) is 26.3 Å². The molecular weight excluding hydrogens is 224 g/mol. The van der Waals surface area contributed by atoms with Gasteiger partial charge >= 0.3 is 5.97 Å². The average Bonchev–Trinajstić information content (AvgIpc) is 2.87. The molecule has 98 valence electrons. The first-order chi connectivity index (χ1) is 8.43. The Morgan fingerprint density at radius 3 is 2.83 bits per heavy atom. The number of ether oxygens (including phenoxy) is 1. The monoisotopic (exact) mass is 246 g/mol. The summed E-state index contributed by atoms with van der Waals surface area (Å²) in [4.78, 5) is 11.7. The van der Waals surface area contributed by atoms with Crippen molar-refractivity contribution in [3.05, 3.63) is 24.3 Å². The number of allylic oxidation sites excluding steroid dienone is 2. The maximum Gasteiger partial charge on any atom is 0.333 e. The molecule has 0 amide bonds. The van der Waals surface area contributed by atoms with Gasteiger partial charge in [-0.3, -0.25) is 0 Å². The maximum atomic E-state index is 11.7. The highest BCUT2D eigenvalue weighted by Crippen LogP contribution is 2.66. The van der Waals surface area contributed by atoms with E-state index in [9.17, 15) is 4.79 Å². The molecule has 2 saturated carbocycles. The summed E-state index contributed by atoms with van der Waals surface area (Å²) in [6.07, 6.45) is 7.01. The molecule has 2 fully saturated rings. The van der Waals surface area contributed by atoms with E-state index < -0.39 is 0 Å². The van der Waals surface area contributed by atoms with Crippen LogP contribution in [-0.4, -0.2) is 12.1 Å². The van der Waals surface area contributed by atoms with E-state index in [0.29, 0.717) is 28.7 Å². The van der Waals surface area contributed by atoms with Crippen molar-refractivity contribution < 1.29 is 9.53 Å². The van der Waals surface area contributed by atoms with Gasteiger partial charge in [0.15, 0.2) is 0 Å². The largest absolute Gasteiger partial charge is 0.459 e. The third-order valence-corrected chi connectivity index (χ3v) is 5.50. The zero-order chi connectivity index (χ0) is 13.1. The van der Waals surface area contributed by atoms with Crippen LogP contribution < -0.4 is 0 Å². The molecule has 2 nitrogen and oxygen atoms in total. The Kier molecular flexibility index (Phi) is 2.48. The van der Waals surface area contributed by atoms with Crippen molar-refractivity contribution in [3.63, 3.8) is 0 Å². The summed E-state index contributed by atoms with van der Waals surface area (Å²) >= 11 is 0. The third kappa shape index (κ3) is 1.44. The molecule has 0 heterocycles. The average molecular weight is 246 g/mol. The molecule has 0 aliphatic heterocycles. The predicted molar refractivity (Wildman–Crippen MR) is 70.8 cm³/mol. The Morgan fingerprint density at radius 2 is 2.17 bits per heavy atom. The van der Waals surface area contributed by atoms with Gasteiger partial charge in [0, 0.05) is 11.5 Å². The summed E-state index contributed by atoms with van der Waals surface area (Å²) in [5, 5.41) is 0. The maximum absolute atomic E-state index is 11.7. The van der Waals surface area contributed by atoms with Gasteiger partial charge in [0.1, 0.15) is 6.10 Å². The number of fused-ring (bicyclic) bond motifs is 5. The molecule has 3 rings (SSSR count). The van der Waals surface area contributed by atoms with E-state index in [1.54, 1.807) is 6.92 Å². The second-order valence-corrected chi connectivity index (χ2v) is 6.82. The van der Waals surface area contributed by atoms with Gasteiger partial charge in [-0.1, -0.05) is 32.6 Å². The van der Waals surface area contributed by atoms with Crippen molar-refractivity contribution in [2.24, 2.45) is 29.1 Å². The van der Waals surface area contributed by atoms with E-state index >= 15 is 0 Å². The van der Waals surface area contributed by atoms with Gasteiger partial charge < -0.3 is 4.74 Å². The van der Waals surface area contributed by atoms with Crippen LogP contribution in [0.1, 0.15) is 33.6 Å². The number of carbonyl (C=O) groups excluding carboxylic acids is 1. The fraction of sp³-hybridized carbons (Fsp3) is 0.688. The van der Waals surface area contributed by atoms with Gasteiger partial charge in [-0.2, -0.15) is 0 Å². The number of hydrogen-bond acceptors (Lipinski definition) is 2. The molecule has 0 radical (unpaired) electrons. The third-order valence-electron chi connectivity index (χ3n) is 5.50. The van der Waals surface area contributed by atoms with Crippen LogP contribution in [0.15, 0.2) is 24.3 Å². The molecule has 0 aromatic carbocycles. The van der Waals surface area contributed by atoms with Gasteiger partial charge in [-0.05, 0) is 42.9 Å². The molecule has 2 bridgehead atoms. The normalized spacial score (nSPS) is 42.9. The number of rotatable bonds is 2. The van der Waals surface area contributed by atoms with Gasteiger partial charge in [0.05, 0.1) is 0 Å².